The number of aromatic carboxylic acids is 1. The SMILES string of the molecule is Cc1[nH]c(C(=O)O)c(C)c1C(=O)NCCOCC(F)F. The van der Waals surface area contributed by atoms with Gasteiger partial charge < -0.3 is 20.1 Å². The largest absolute Gasteiger partial charge is 0.477 e. The van der Waals surface area contributed by atoms with Gasteiger partial charge in [-0.25, -0.2) is 13.6 Å². The lowest BCUT2D eigenvalue weighted by molar-refractivity contribution is 0.0188. The van der Waals surface area contributed by atoms with Crippen LogP contribution in [0, 0.1) is 13.8 Å². The molecule has 1 aromatic heterocycles. The number of carboxylic acids is 1. The van der Waals surface area contributed by atoms with Gasteiger partial charge in [0.2, 0.25) is 0 Å². The number of ether oxygens (including phenoxy) is 1. The second-order valence-corrected chi connectivity index (χ2v) is 4.15. The summed E-state index contributed by atoms with van der Waals surface area (Å²) in [6.45, 7) is 2.46. The van der Waals surface area contributed by atoms with E-state index in [1.807, 2.05) is 0 Å². The van der Waals surface area contributed by atoms with E-state index in [0.29, 0.717) is 11.3 Å². The number of hydrogen-bond donors (Lipinski definition) is 3. The summed E-state index contributed by atoms with van der Waals surface area (Å²) in [6.07, 6.45) is -2.54. The van der Waals surface area contributed by atoms with Crippen LogP contribution in [0.1, 0.15) is 32.1 Å². The minimum Gasteiger partial charge on any atom is -0.477 e. The Labute approximate surface area is 114 Å². The average molecular weight is 290 g/mol. The van der Waals surface area contributed by atoms with Crippen molar-refractivity contribution >= 4 is 11.9 Å². The first-order chi connectivity index (χ1) is 9.34. The lowest BCUT2D eigenvalue weighted by atomic mass is 10.1. The van der Waals surface area contributed by atoms with Crippen LogP contribution in [0.25, 0.3) is 0 Å². The van der Waals surface area contributed by atoms with Crippen LogP contribution in [-0.4, -0.2) is 48.2 Å². The number of aromatic amines is 1. The Morgan fingerprint density at radius 3 is 2.55 bits per heavy atom. The molecule has 1 rings (SSSR count). The van der Waals surface area contributed by atoms with Crippen molar-refractivity contribution in [3.05, 3.63) is 22.5 Å². The van der Waals surface area contributed by atoms with E-state index in [9.17, 15) is 18.4 Å². The molecule has 0 saturated heterocycles. The fourth-order valence-electron chi connectivity index (χ4n) is 1.80. The summed E-state index contributed by atoms with van der Waals surface area (Å²) >= 11 is 0. The molecule has 20 heavy (non-hydrogen) atoms. The molecule has 6 nitrogen and oxygen atoms in total. The summed E-state index contributed by atoms with van der Waals surface area (Å²) in [5, 5.41) is 11.4. The number of hydrogen-bond acceptors (Lipinski definition) is 3. The summed E-state index contributed by atoms with van der Waals surface area (Å²) in [4.78, 5) is 25.4. The molecule has 0 saturated carbocycles. The van der Waals surface area contributed by atoms with E-state index in [4.69, 9.17) is 5.11 Å². The first-order valence-electron chi connectivity index (χ1n) is 5.91. The number of halogens is 2. The molecular formula is C12H16F2N2O4. The highest BCUT2D eigenvalue weighted by Crippen LogP contribution is 2.17. The number of rotatable bonds is 7. The smallest absolute Gasteiger partial charge is 0.352 e. The topological polar surface area (TPSA) is 91.4 Å². The Morgan fingerprint density at radius 2 is 2.05 bits per heavy atom. The number of alkyl halides is 2. The van der Waals surface area contributed by atoms with Crippen LogP contribution in [-0.2, 0) is 4.74 Å². The number of carbonyl (C=O) groups is 2. The Kier molecular flexibility index (Phi) is 5.63. The zero-order chi connectivity index (χ0) is 15.3. The maximum atomic E-state index is 11.9. The van der Waals surface area contributed by atoms with E-state index in [-0.39, 0.29) is 24.4 Å². The summed E-state index contributed by atoms with van der Waals surface area (Å²) < 4.78 is 28.2. The molecule has 1 heterocycles. The number of carbonyl (C=O) groups excluding carboxylic acids is 1. The molecule has 0 radical (unpaired) electrons. The predicted molar refractivity (Wildman–Crippen MR) is 66.4 cm³/mol. The highest BCUT2D eigenvalue weighted by Gasteiger charge is 2.21. The van der Waals surface area contributed by atoms with Crippen molar-refractivity contribution in [3.63, 3.8) is 0 Å². The van der Waals surface area contributed by atoms with Crippen molar-refractivity contribution in [3.8, 4) is 0 Å². The summed E-state index contributed by atoms with van der Waals surface area (Å²) in [6, 6.07) is 0. The van der Waals surface area contributed by atoms with Gasteiger partial charge in [0.1, 0.15) is 12.3 Å². The number of aryl methyl sites for hydroxylation is 1. The van der Waals surface area contributed by atoms with Gasteiger partial charge in [0.05, 0.1) is 12.2 Å². The molecule has 112 valence electrons. The van der Waals surface area contributed by atoms with Crippen LogP contribution in [0.5, 0.6) is 0 Å². The second kappa shape index (κ2) is 6.99. The van der Waals surface area contributed by atoms with Gasteiger partial charge in [-0.2, -0.15) is 0 Å². The van der Waals surface area contributed by atoms with Gasteiger partial charge in [-0.05, 0) is 19.4 Å². The Balaban J connectivity index is 2.58. The third-order valence-electron chi connectivity index (χ3n) is 2.65. The van der Waals surface area contributed by atoms with Gasteiger partial charge in [0, 0.05) is 12.2 Å². The fraction of sp³-hybridized carbons (Fsp3) is 0.500. The molecule has 1 aromatic rings. The number of aromatic nitrogens is 1. The molecular weight excluding hydrogens is 274 g/mol. The predicted octanol–water partition coefficient (Wildman–Crippen LogP) is 1.34. The fourth-order valence-corrected chi connectivity index (χ4v) is 1.80. The summed E-state index contributed by atoms with van der Waals surface area (Å²) in [5.41, 5.74) is 0.977. The number of H-pyrrole nitrogens is 1. The van der Waals surface area contributed by atoms with E-state index >= 15 is 0 Å². The maximum absolute atomic E-state index is 11.9. The summed E-state index contributed by atoms with van der Waals surface area (Å²) in [5.74, 6) is -1.62. The van der Waals surface area contributed by atoms with Gasteiger partial charge >= 0.3 is 5.97 Å². The highest BCUT2D eigenvalue weighted by molar-refractivity contribution is 6.00. The highest BCUT2D eigenvalue weighted by atomic mass is 19.3. The van der Waals surface area contributed by atoms with Crippen LogP contribution >= 0.6 is 0 Å². The Morgan fingerprint density at radius 1 is 1.40 bits per heavy atom. The van der Waals surface area contributed by atoms with Gasteiger partial charge in [0.25, 0.3) is 12.3 Å². The standard InChI is InChI=1S/C12H16F2N2O4/c1-6-9(7(2)16-10(6)12(18)19)11(17)15-3-4-20-5-8(13)14/h8,16H,3-5H2,1-2H3,(H,15,17)(H,18,19). The van der Waals surface area contributed by atoms with E-state index in [0.717, 1.165) is 0 Å². The lowest BCUT2D eigenvalue weighted by Crippen LogP contribution is -2.28. The van der Waals surface area contributed by atoms with Crippen molar-refractivity contribution in [1.82, 2.24) is 10.3 Å². The van der Waals surface area contributed by atoms with E-state index in [1.54, 1.807) is 6.92 Å². The van der Waals surface area contributed by atoms with Crippen molar-refractivity contribution in [2.24, 2.45) is 0 Å². The number of carboxylic acid groups (broad SMARTS) is 1. The zero-order valence-corrected chi connectivity index (χ0v) is 11.1. The molecule has 0 fully saturated rings. The first-order valence-corrected chi connectivity index (χ1v) is 5.91. The third kappa shape index (κ3) is 4.02. The quantitative estimate of drug-likeness (QED) is 0.661. The van der Waals surface area contributed by atoms with Gasteiger partial charge in [-0.1, -0.05) is 0 Å². The second-order valence-electron chi connectivity index (χ2n) is 4.15. The molecule has 0 aliphatic carbocycles. The minimum atomic E-state index is -2.54. The number of amides is 1. The van der Waals surface area contributed by atoms with Crippen LogP contribution < -0.4 is 5.32 Å². The maximum Gasteiger partial charge on any atom is 0.352 e. The van der Waals surface area contributed by atoms with Crippen LogP contribution in [0.4, 0.5) is 8.78 Å². The minimum absolute atomic E-state index is 0.0373. The summed E-state index contributed by atoms with van der Waals surface area (Å²) in [7, 11) is 0. The molecule has 0 spiro atoms. The lowest BCUT2D eigenvalue weighted by Gasteiger charge is -2.06. The van der Waals surface area contributed by atoms with Gasteiger partial charge in [-0.3, -0.25) is 4.79 Å². The van der Waals surface area contributed by atoms with Crippen LogP contribution in [0.15, 0.2) is 0 Å². The molecule has 0 aromatic carbocycles. The van der Waals surface area contributed by atoms with Gasteiger partial charge in [-0.15, -0.1) is 0 Å². The van der Waals surface area contributed by atoms with E-state index in [1.165, 1.54) is 6.92 Å². The van der Waals surface area contributed by atoms with Crippen LogP contribution in [0.3, 0.4) is 0 Å². The normalized spacial score (nSPS) is 10.8. The molecule has 3 N–H and O–H groups in total. The molecule has 8 heteroatoms. The first kappa shape index (κ1) is 16.1. The molecule has 0 aliphatic rings. The molecule has 1 amide bonds. The average Bonchev–Trinajstić information content (AvgIpc) is 2.64. The molecule has 0 bridgehead atoms. The molecule has 0 aliphatic heterocycles. The molecule has 0 unspecified atom stereocenters. The third-order valence-corrected chi connectivity index (χ3v) is 2.65. The van der Waals surface area contributed by atoms with Crippen molar-refractivity contribution in [2.45, 2.75) is 20.3 Å². The van der Waals surface area contributed by atoms with Crippen molar-refractivity contribution < 1.29 is 28.2 Å². The van der Waals surface area contributed by atoms with E-state index in [2.05, 4.69) is 15.0 Å². The Hall–Kier alpha value is -1.96. The van der Waals surface area contributed by atoms with Crippen LogP contribution in [0.2, 0.25) is 0 Å². The van der Waals surface area contributed by atoms with Crippen molar-refractivity contribution in [2.75, 3.05) is 19.8 Å². The molecule has 0 atom stereocenters. The zero-order valence-electron chi connectivity index (χ0n) is 11.1. The van der Waals surface area contributed by atoms with E-state index < -0.39 is 24.9 Å². The van der Waals surface area contributed by atoms with Gasteiger partial charge in [0.15, 0.2) is 0 Å². The Bertz CT molecular complexity index is 500. The number of nitrogens with one attached hydrogen (secondary N) is 2. The monoisotopic (exact) mass is 290 g/mol. The van der Waals surface area contributed by atoms with Crippen molar-refractivity contribution in [1.29, 1.82) is 0 Å².